The molecule has 2 atom stereocenters. The van der Waals surface area contributed by atoms with Crippen molar-refractivity contribution in [3.8, 4) is 0 Å². The third-order valence-corrected chi connectivity index (χ3v) is 3.02. The number of hydrogen-bond donors (Lipinski definition) is 2. The van der Waals surface area contributed by atoms with E-state index in [1.165, 1.54) is 12.1 Å². The van der Waals surface area contributed by atoms with E-state index >= 15 is 0 Å². The first-order valence-corrected chi connectivity index (χ1v) is 6.57. The first-order chi connectivity index (χ1) is 9.75. The van der Waals surface area contributed by atoms with Crippen molar-refractivity contribution < 1.29 is 27.8 Å². The van der Waals surface area contributed by atoms with Gasteiger partial charge in [0, 0.05) is 0 Å². The number of alkyl halides is 3. The van der Waals surface area contributed by atoms with Crippen molar-refractivity contribution in [3.05, 3.63) is 35.4 Å². The lowest BCUT2D eigenvalue weighted by atomic mass is 9.98. The largest absolute Gasteiger partial charge is 0.443 e. The number of nitrogens with two attached hydrogens (primary N) is 1. The summed E-state index contributed by atoms with van der Waals surface area (Å²) in [7, 11) is 0. The predicted octanol–water partition coefficient (Wildman–Crippen LogP) is 3.39. The maximum absolute atomic E-state index is 12.7. The van der Waals surface area contributed by atoms with Crippen LogP contribution >= 0.6 is 0 Å². The van der Waals surface area contributed by atoms with Crippen LogP contribution < -0.4 is 5.73 Å². The van der Waals surface area contributed by atoms with Crippen LogP contribution in [-0.4, -0.2) is 17.3 Å². The molecular weight excluding hydrogens is 287 g/mol. The molecule has 0 aliphatic carbocycles. The topological polar surface area (TPSA) is 72.5 Å². The molecule has 7 heteroatoms. The Bertz CT molecular complexity index is 477. The maximum Gasteiger partial charge on any atom is 0.416 e. The van der Waals surface area contributed by atoms with E-state index in [9.17, 15) is 23.1 Å². The molecule has 0 bridgehead atoms. The van der Waals surface area contributed by atoms with E-state index in [1.807, 2.05) is 6.92 Å². The van der Waals surface area contributed by atoms with Gasteiger partial charge in [-0.05, 0) is 30.5 Å². The molecule has 1 rings (SSSR count). The van der Waals surface area contributed by atoms with Crippen molar-refractivity contribution >= 4 is 6.09 Å². The minimum absolute atomic E-state index is 0.0344. The molecule has 1 aromatic carbocycles. The lowest BCUT2D eigenvalue weighted by Gasteiger charge is -2.23. The average Bonchev–Trinajstić information content (AvgIpc) is 2.41. The second-order valence-electron chi connectivity index (χ2n) is 4.69. The van der Waals surface area contributed by atoms with Crippen LogP contribution in [0.25, 0.3) is 0 Å². The standard InChI is InChI=1S/C14H18F3NO3/c1-2-3-7-11(21-13(18)20)12(19)9-5-4-6-10(8-9)14(15,16)17/h4-6,8,11-12,19H,2-3,7H2,1H3,(H2,18,20). The molecule has 0 heterocycles. The number of hydrogen-bond acceptors (Lipinski definition) is 3. The highest BCUT2D eigenvalue weighted by Crippen LogP contribution is 2.32. The van der Waals surface area contributed by atoms with Gasteiger partial charge < -0.3 is 15.6 Å². The SMILES string of the molecule is CCCCC(OC(N)=O)C(O)c1cccc(C(F)(F)F)c1. The Morgan fingerprint density at radius 3 is 2.62 bits per heavy atom. The second kappa shape index (κ2) is 7.31. The van der Waals surface area contributed by atoms with E-state index in [0.29, 0.717) is 12.8 Å². The first kappa shape index (κ1) is 17.3. The van der Waals surface area contributed by atoms with Gasteiger partial charge in [-0.25, -0.2) is 4.79 Å². The zero-order valence-electron chi connectivity index (χ0n) is 11.6. The van der Waals surface area contributed by atoms with Crippen LogP contribution in [0.15, 0.2) is 24.3 Å². The van der Waals surface area contributed by atoms with Crippen LogP contribution in [0.2, 0.25) is 0 Å². The van der Waals surface area contributed by atoms with E-state index in [-0.39, 0.29) is 5.56 Å². The molecule has 21 heavy (non-hydrogen) atoms. The van der Waals surface area contributed by atoms with E-state index < -0.39 is 30.0 Å². The summed E-state index contributed by atoms with van der Waals surface area (Å²) in [5.41, 5.74) is 4.09. The Morgan fingerprint density at radius 1 is 1.43 bits per heavy atom. The third kappa shape index (κ3) is 5.26. The molecule has 0 aliphatic heterocycles. The number of benzene rings is 1. The number of carbonyl (C=O) groups excluding carboxylic acids is 1. The van der Waals surface area contributed by atoms with Crippen LogP contribution in [0, 0.1) is 0 Å². The fourth-order valence-corrected chi connectivity index (χ4v) is 1.95. The number of amides is 1. The van der Waals surface area contributed by atoms with E-state index in [4.69, 9.17) is 10.5 Å². The summed E-state index contributed by atoms with van der Waals surface area (Å²) >= 11 is 0. The van der Waals surface area contributed by atoms with Crippen molar-refractivity contribution in [1.82, 2.24) is 0 Å². The van der Waals surface area contributed by atoms with Crippen molar-refractivity contribution in [1.29, 1.82) is 0 Å². The summed E-state index contributed by atoms with van der Waals surface area (Å²) in [6, 6.07) is 4.30. The van der Waals surface area contributed by atoms with Gasteiger partial charge in [-0.1, -0.05) is 25.5 Å². The van der Waals surface area contributed by atoms with Crippen molar-refractivity contribution in [2.75, 3.05) is 0 Å². The number of aliphatic hydroxyl groups is 1. The molecule has 118 valence electrons. The van der Waals surface area contributed by atoms with E-state index in [1.54, 1.807) is 0 Å². The lowest BCUT2D eigenvalue weighted by molar-refractivity contribution is -0.137. The Morgan fingerprint density at radius 2 is 2.10 bits per heavy atom. The summed E-state index contributed by atoms with van der Waals surface area (Å²) in [5, 5.41) is 10.1. The fourth-order valence-electron chi connectivity index (χ4n) is 1.95. The highest BCUT2D eigenvalue weighted by Gasteiger charge is 2.32. The van der Waals surface area contributed by atoms with Crippen LogP contribution in [0.5, 0.6) is 0 Å². The smallest absolute Gasteiger partial charge is 0.416 e. The van der Waals surface area contributed by atoms with Crippen molar-refractivity contribution in [3.63, 3.8) is 0 Å². The molecule has 0 aromatic heterocycles. The number of aliphatic hydroxyl groups excluding tert-OH is 1. The monoisotopic (exact) mass is 305 g/mol. The molecule has 0 saturated heterocycles. The minimum atomic E-state index is -4.50. The summed E-state index contributed by atoms with van der Waals surface area (Å²) in [6.07, 6.45) is -6.14. The van der Waals surface area contributed by atoms with Gasteiger partial charge in [-0.2, -0.15) is 13.2 Å². The minimum Gasteiger partial charge on any atom is -0.443 e. The van der Waals surface area contributed by atoms with Crippen LogP contribution in [0.1, 0.15) is 43.4 Å². The summed E-state index contributed by atoms with van der Waals surface area (Å²) in [6.45, 7) is 1.90. The van der Waals surface area contributed by atoms with Gasteiger partial charge in [0.2, 0.25) is 0 Å². The van der Waals surface area contributed by atoms with E-state index in [2.05, 4.69) is 0 Å². The van der Waals surface area contributed by atoms with Gasteiger partial charge in [0.15, 0.2) is 0 Å². The van der Waals surface area contributed by atoms with Crippen LogP contribution in [-0.2, 0) is 10.9 Å². The molecule has 0 radical (unpaired) electrons. The molecule has 4 nitrogen and oxygen atoms in total. The Hall–Kier alpha value is -1.76. The highest BCUT2D eigenvalue weighted by atomic mass is 19.4. The highest BCUT2D eigenvalue weighted by molar-refractivity contribution is 5.64. The molecule has 1 amide bonds. The average molecular weight is 305 g/mol. The van der Waals surface area contributed by atoms with E-state index in [0.717, 1.165) is 18.6 Å². The number of rotatable bonds is 6. The Kier molecular flexibility index (Phi) is 6.02. The van der Waals surface area contributed by atoms with Gasteiger partial charge in [-0.3, -0.25) is 0 Å². The fraction of sp³-hybridized carbons (Fsp3) is 0.500. The molecule has 3 N–H and O–H groups in total. The predicted molar refractivity (Wildman–Crippen MR) is 70.4 cm³/mol. The molecule has 1 aromatic rings. The molecule has 0 fully saturated rings. The second-order valence-corrected chi connectivity index (χ2v) is 4.69. The molecule has 0 aliphatic rings. The summed E-state index contributed by atoms with van der Waals surface area (Å²) < 4.78 is 42.8. The summed E-state index contributed by atoms with van der Waals surface area (Å²) in [5.74, 6) is 0. The molecule has 2 unspecified atom stereocenters. The summed E-state index contributed by atoms with van der Waals surface area (Å²) in [4.78, 5) is 10.8. The zero-order valence-corrected chi connectivity index (χ0v) is 11.6. The maximum atomic E-state index is 12.7. The quantitative estimate of drug-likeness (QED) is 0.846. The van der Waals surface area contributed by atoms with Crippen molar-refractivity contribution in [2.24, 2.45) is 5.73 Å². The molecule has 0 spiro atoms. The number of ether oxygens (including phenoxy) is 1. The van der Waals surface area contributed by atoms with Crippen LogP contribution in [0.3, 0.4) is 0 Å². The van der Waals surface area contributed by atoms with Gasteiger partial charge in [-0.15, -0.1) is 0 Å². The number of halogens is 3. The Labute approximate surface area is 120 Å². The van der Waals surface area contributed by atoms with Gasteiger partial charge >= 0.3 is 12.3 Å². The molecule has 0 saturated carbocycles. The lowest BCUT2D eigenvalue weighted by Crippen LogP contribution is -2.28. The normalized spacial score (nSPS) is 14.5. The van der Waals surface area contributed by atoms with Crippen LogP contribution in [0.4, 0.5) is 18.0 Å². The Balaban J connectivity index is 2.96. The number of primary amides is 1. The first-order valence-electron chi connectivity index (χ1n) is 6.57. The van der Waals surface area contributed by atoms with Gasteiger partial charge in [0.25, 0.3) is 0 Å². The van der Waals surface area contributed by atoms with Crippen molar-refractivity contribution in [2.45, 2.75) is 44.6 Å². The number of carbonyl (C=O) groups is 1. The third-order valence-electron chi connectivity index (χ3n) is 3.02. The zero-order chi connectivity index (χ0) is 16.0. The van der Waals surface area contributed by atoms with Gasteiger partial charge in [0.05, 0.1) is 5.56 Å². The van der Waals surface area contributed by atoms with Gasteiger partial charge in [0.1, 0.15) is 12.2 Å². The molecular formula is C14H18F3NO3. The number of unbranched alkanes of at least 4 members (excludes halogenated alkanes) is 1.